The highest BCUT2D eigenvalue weighted by Crippen LogP contribution is 2.19. The molecule has 1 aromatic carbocycles. The summed E-state index contributed by atoms with van der Waals surface area (Å²) in [4.78, 5) is 11.0. The third-order valence-electron chi connectivity index (χ3n) is 4.59. The number of nitrogens with zero attached hydrogens (tertiary/aromatic N) is 5. The molecule has 0 fully saturated rings. The van der Waals surface area contributed by atoms with Crippen LogP contribution in [0.15, 0.2) is 52.1 Å². The van der Waals surface area contributed by atoms with E-state index in [1.165, 1.54) is 5.69 Å². The number of rotatable bonds is 7. The van der Waals surface area contributed by atoms with Gasteiger partial charge < -0.3 is 19.3 Å². The molecule has 0 aliphatic rings. The molecule has 28 heavy (non-hydrogen) atoms. The van der Waals surface area contributed by atoms with Crippen molar-refractivity contribution in [2.45, 2.75) is 32.9 Å². The number of aliphatic imine (C=N–C) groups is 1. The van der Waals surface area contributed by atoms with Gasteiger partial charge in [0.25, 0.3) is 5.89 Å². The van der Waals surface area contributed by atoms with Crippen molar-refractivity contribution in [1.29, 1.82) is 0 Å². The summed E-state index contributed by atoms with van der Waals surface area (Å²) in [5.41, 5.74) is 3.29. The summed E-state index contributed by atoms with van der Waals surface area (Å²) in [5.74, 6) is 2.16. The Kier molecular flexibility index (Phi) is 6.47. The molecule has 7 heteroatoms. The molecule has 0 saturated heterocycles. The highest BCUT2D eigenvalue weighted by atomic mass is 16.5. The number of hydrogen-bond acceptors (Lipinski definition) is 4. The first-order chi connectivity index (χ1) is 13.6. The molecule has 1 N–H and O–H groups in total. The second-order valence-corrected chi connectivity index (χ2v) is 6.83. The van der Waals surface area contributed by atoms with E-state index < -0.39 is 0 Å². The smallest absolute Gasteiger partial charge is 0.257 e. The molecule has 0 radical (unpaired) electrons. The highest BCUT2D eigenvalue weighted by molar-refractivity contribution is 5.79. The molecule has 148 valence electrons. The van der Waals surface area contributed by atoms with Crippen molar-refractivity contribution in [3.05, 3.63) is 59.7 Å². The van der Waals surface area contributed by atoms with Crippen LogP contribution in [0.1, 0.15) is 30.4 Å². The van der Waals surface area contributed by atoms with Crippen molar-refractivity contribution in [3.8, 4) is 11.5 Å². The van der Waals surface area contributed by atoms with E-state index in [0.717, 1.165) is 42.3 Å². The minimum atomic E-state index is 0.565. The van der Waals surface area contributed by atoms with Crippen molar-refractivity contribution in [2.24, 2.45) is 12.0 Å². The van der Waals surface area contributed by atoms with Crippen molar-refractivity contribution >= 4 is 5.96 Å². The van der Waals surface area contributed by atoms with Gasteiger partial charge in [0.15, 0.2) is 11.8 Å². The van der Waals surface area contributed by atoms with Crippen LogP contribution in [-0.2, 0) is 26.6 Å². The van der Waals surface area contributed by atoms with E-state index in [-0.39, 0.29) is 0 Å². The minimum Gasteiger partial charge on any atom is -0.353 e. The van der Waals surface area contributed by atoms with Gasteiger partial charge in [-0.25, -0.2) is 0 Å². The standard InChI is InChI=1S/C21H28N6O/c1-5-8-19-24-20(28-25-19)17-10-6-9-16(13-17)14-23-21(22-2)27(4)15-18-11-7-12-26(18)3/h6-7,9-13H,5,8,14-15H2,1-4H3,(H,22,23). The Hall–Kier alpha value is -3.09. The number of benzene rings is 1. The summed E-state index contributed by atoms with van der Waals surface area (Å²) >= 11 is 0. The Morgan fingerprint density at radius 1 is 1.29 bits per heavy atom. The number of nitrogens with one attached hydrogen (secondary N) is 1. The fourth-order valence-corrected chi connectivity index (χ4v) is 3.06. The van der Waals surface area contributed by atoms with Gasteiger partial charge in [-0.15, -0.1) is 0 Å². The molecule has 0 aliphatic heterocycles. The molecule has 0 amide bonds. The molecule has 0 saturated carbocycles. The summed E-state index contributed by atoms with van der Waals surface area (Å²) in [5, 5.41) is 7.46. The molecule has 0 unspecified atom stereocenters. The van der Waals surface area contributed by atoms with E-state index in [0.29, 0.717) is 12.4 Å². The van der Waals surface area contributed by atoms with Crippen LogP contribution in [0, 0.1) is 0 Å². The predicted octanol–water partition coefficient (Wildman–Crippen LogP) is 3.24. The first-order valence-corrected chi connectivity index (χ1v) is 9.54. The molecule has 3 rings (SSSR count). The van der Waals surface area contributed by atoms with Crippen molar-refractivity contribution in [1.82, 2.24) is 24.9 Å². The average molecular weight is 380 g/mol. The predicted molar refractivity (Wildman–Crippen MR) is 111 cm³/mol. The maximum Gasteiger partial charge on any atom is 0.257 e. The van der Waals surface area contributed by atoms with Crippen LogP contribution in [-0.4, -0.2) is 39.7 Å². The van der Waals surface area contributed by atoms with Gasteiger partial charge in [0.05, 0.1) is 6.54 Å². The molecular weight excluding hydrogens is 352 g/mol. The van der Waals surface area contributed by atoms with Gasteiger partial charge >= 0.3 is 0 Å². The summed E-state index contributed by atoms with van der Waals surface area (Å²) in [6.45, 7) is 3.54. The van der Waals surface area contributed by atoms with Gasteiger partial charge in [-0.1, -0.05) is 24.2 Å². The molecule has 2 aromatic heterocycles. The van der Waals surface area contributed by atoms with Crippen LogP contribution >= 0.6 is 0 Å². The van der Waals surface area contributed by atoms with Crippen LogP contribution in [0.3, 0.4) is 0 Å². The maximum atomic E-state index is 5.40. The normalized spacial score (nSPS) is 11.6. The summed E-state index contributed by atoms with van der Waals surface area (Å²) in [6, 6.07) is 12.3. The van der Waals surface area contributed by atoms with E-state index >= 15 is 0 Å². The van der Waals surface area contributed by atoms with E-state index in [9.17, 15) is 0 Å². The maximum absolute atomic E-state index is 5.40. The average Bonchev–Trinajstić information content (AvgIpc) is 3.32. The Morgan fingerprint density at radius 2 is 2.14 bits per heavy atom. The first kappa shape index (κ1) is 19.7. The van der Waals surface area contributed by atoms with Gasteiger partial charge in [0, 0.05) is 51.6 Å². The van der Waals surface area contributed by atoms with Gasteiger partial charge in [-0.05, 0) is 36.2 Å². The number of guanidine groups is 1. The quantitative estimate of drug-likeness (QED) is 0.503. The lowest BCUT2D eigenvalue weighted by Gasteiger charge is -2.22. The zero-order chi connectivity index (χ0) is 19.9. The topological polar surface area (TPSA) is 71.5 Å². The molecular formula is C21H28N6O. The second-order valence-electron chi connectivity index (χ2n) is 6.83. The first-order valence-electron chi connectivity index (χ1n) is 9.54. The summed E-state index contributed by atoms with van der Waals surface area (Å²) < 4.78 is 7.51. The summed E-state index contributed by atoms with van der Waals surface area (Å²) in [7, 11) is 5.88. The molecule has 0 bridgehead atoms. The molecule has 7 nitrogen and oxygen atoms in total. The van der Waals surface area contributed by atoms with Crippen molar-refractivity contribution in [2.75, 3.05) is 14.1 Å². The lowest BCUT2D eigenvalue weighted by molar-refractivity contribution is 0.422. The van der Waals surface area contributed by atoms with Crippen LogP contribution in [0.4, 0.5) is 0 Å². The van der Waals surface area contributed by atoms with Gasteiger partial charge in [0.2, 0.25) is 0 Å². The van der Waals surface area contributed by atoms with E-state index in [1.807, 2.05) is 38.5 Å². The largest absolute Gasteiger partial charge is 0.353 e. The number of hydrogen-bond donors (Lipinski definition) is 1. The molecule has 3 aromatic rings. The zero-order valence-corrected chi connectivity index (χ0v) is 17.0. The molecule has 0 aliphatic carbocycles. The van der Waals surface area contributed by atoms with Gasteiger partial charge in [-0.3, -0.25) is 4.99 Å². The third kappa shape index (κ3) is 4.79. The van der Waals surface area contributed by atoms with Gasteiger partial charge in [0.1, 0.15) is 0 Å². The monoisotopic (exact) mass is 380 g/mol. The minimum absolute atomic E-state index is 0.565. The van der Waals surface area contributed by atoms with E-state index in [2.05, 4.69) is 55.0 Å². The Morgan fingerprint density at radius 3 is 2.86 bits per heavy atom. The highest BCUT2D eigenvalue weighted by Gasteiger charge is 2.11. The SMILES string of the molecule is CCCc1noc(-c2cccc(CNC(=NC)N(C)Cc3cccn3C)c2)n1. The zero-order valence-electron chi connectivity index (χ0n) is 17.0. The van der Waals surface area contributed by atoms with Crippen molar-refractivity contribution in [3.63, 3.8) is 0 Å². The fourth-order valence-electron chi connectivity index (χ4n) is 3.06. The second kappa shape index (κ2) is 9.21. The van der Waals surface area contributed by atoms with E-state index in [1.54, 1.807) is 7.05 Å². The van der Waals surface area contributed by atoms with Crippen LogP contribution in [0.5, 0.6) is 0 Å². The van der Waals surface area contributed by atoms with Crippen molar-refractivity contribution < 1.29 is 4.52 Å². The molecule has 0 spiro atoms. The Balaban J connectivity index is 1.63. The number of aryl methyl sites for hydroxylation is 2. The molecule has 0 atom stereocenters. The van der Waals surface area contributed by atoms with E-state index in [4.69, 9.17) is 4.52 Å². The third-order valence-corrected chi connectivity index (χ3v) is 4.59. The van der Waals surface area contributed by atoms with Crippen LogP contribution in [0.2, 0.25) is 0 Å². The number of aromatic nitrogens is 3. The lowest BCUT2D eigenvalue weighted by Crippen LogP contribution is -2.38. The Bertz CT molecular complexity index is 926. The summed E-state index contributed by atoms with van der Waals surface area (Å²) in [6.07, 6.45) is 3.88. The molecule has 2 heterocycles. The Labute approximate surface area is 166 Å². The lowest BCUT2D eigenvalue weighted by atomic mass is 10.1. The van der Waals surface area contributed by atoms with Gasteiger partial charge in [-0.2, -0.15) is 4.98 Å². The van der Waals surface area contributed by atoms with Crippen LogP contribution < -0.4 is 5.32 Å². The fraction of sp³-hybridized carbons (Fsp3) is 0.381. The van der Waals surface area contributed by atoms with Crippen LogP contribution in [0.25, 0.3) is 11.5 Å².